The van der Waals surface area contributed by atoms with Gasteiger partial charge in [0, 0.05) is 50.5 Å². The van der Waals surface area contributed by atoms with E-state index >= 15 is 0 Å². The Kier molecular flexibility index (Phi) is 9.01. The van der Waals surface area contributed by atoms with Crippen LogP contribution in [-0.4, -0.2) is 12.3 Å². The molecule has 1 saturated carbocycles. The monoisotopic (exact) mass is 916 g/mol. The van der Waals surface area contributed by atoms with Crippen molar-refractivity contribution < 1.29 is 0 Å². The summed E-state index contributed by atoms with van der Waals surface area (Å²) in [6.45, 7) is 29.5. The highest BCUT2D eigenvalue weighted by Gasteiger charge is 2.64. The summed E-state index contributed by atoms with van der Waals surface area (Å²) in [5.41, 5.74) is 27.2. The van der Waals surface area contributed by atoms with Gasteiger partial charge in [0.2, 0.25) is 0 Å². The third kappa shape index (κ3) is 5.49. The van der Waals surface area contributed by atoms with E-state index < -0.39 is 0 Å². The van der Waals surface area contributed by atoms with Crippen molar-refractivity contribution in [2.45, 2.75) is 154 Å². The molecule has 13 rings (SSSR count). The number of hydrogen-bond donors (Lipinski definition) is 0. The normalized spacial score (nSPS) is 24.6. The van der Waals surface area contributed by atoms with Crippen LogP contribution in [0.25, 0.3) is 11.1 Å². The van der Waals surface area contributed by atoms with E-state index in [0.29, 0.717) is 0 Å². The molecule has 0 bridgehead atoms. The largest absolute Gasteiger partial charge is 0.335 e. The van der Waals surface area contributed by atoms with Crippen molar-refractivity contribution in [2.75, 3.05) is 14.7 Å². The first-order chi connectivity index (χ1) is 33.3. The smallest absolute Gasteiger partial charge is 0.252 e. The van der Waals surface area contributed by atoms with Crippen LogP contribution in [0.1, 0.15) is 146 Å². The molecule has 0 aromatic heterocycles. The van der Waals surface area contributed by atoms with Gasteiger partial charge in [0.05, 0.1) is 16.8 Å². The maximum absolute atomic E-state index is 2.96. The molecule has 4 unspecified atom stereocenters. The van der Waals surface area contributed by atoms with E-state index in [9.17, 15) is 0 Å². The predicted molar refractivity (Wildman–Crippen MR) is 299 cm³/mol. The number of para-hydroxylation sites is 1. The van der Waals surface area contributed by atoms with E-state index in [1.165, 1.54) is 126 Å². The number of benzene rings is 7. The van der Waals surface area contributed by atoms with Crippen molar-refractivity contribution in [3.8, 4) is 11.1 Å². The van der Waals surface area contributed by atoms with E-state index in [2.05, 4.69) is 231 Å². The molecule has 352 valence electrons. The molecule has 0 radical (unpaired) electrons. The lowest BCUT2D eigenvalue weighted by Crippen LogP contribution is -2.65. The van der Waals surface area contributed by atoms with E-state index in [1.807, 2.05) is 0 Å². The number of hydrogen-bond acceptors (Lipinski definition) is 3. The Balaban J connectivity index is 1.20. The van der Waals surface area contributed by atoms with Gasteiger partial charge in [-0.2, -0.15) is 0 Å². The Labute approximate surface area is 419 Å². The molecule has 7 aromatic rings. The minimum absolute atomic E-state index is 0.00432. The Bertz CT molecular complexity index is 3370. The topological polar surface area (TPSA) is 9.72 Å². The second-order valence-electron chi connectivity index (χ2n) is 25.2. The molecule has 0 spiro atoms. The number of aryl methyl sites for hydroxylation is 3. The first kappa shape index (κ1) is 44.0. The van der Waals surface area contributed by atoms with Gasteiger partial charge in [0.1, 0.15) is 0 Å². The van der Waals surface area contributed by atoms with Crippen LogP contribution < -0.4 is 31.1 Å². The molecule has 6 aliphatic rings. The molecule has 4 atom stereocenters. The first-order valence-electron chi connectivity index (χ1n) is 26.6. The predicted octanol–water partition coefficient (Wildman–Crippen LogP) is 15.2. The van der Waals surface area contributed by atoms with Crippen LogP contribution in [0.3, 0.4) is 0 Å². The van der Waals surface area contributed by atoms with Gasteiger partial charge in [-0.15, -0.1) is 0 Å². The van der Waals surface area contributed by atoms with Crippen LogP contribution >= 0.6 is 0 Å². The number of nitrogens with zero attached hydrogens (tertiary/aromatic N) is 3. The van der Waals surface area contributed by atoms with Crippen LogP contribution in [0.4, 0.5) is 39.8 Å². The number of fused-ring (bicyclic) bond motifs is 12. The zero-order chi connectivity index (χ0) is 48.7. The van der Waals surface area contributed by atoms with Gasteiger partial charge in [-0.3, -0.25) is 0 Å². The molecule has 7 aromatic carbocycles. The van der Waals surface area contributed by atoms with E-state index in [0.717, 1.165) is 19.3 Å². The summed E-state index contributed by atoms with van der Waals surface area (Å²) in [6.07, 6.45) is 7.05. The molecule has 70 heavy (non-hydrogen) atoms. The van der Waals surface area contributed by atoms with Crippen molar-refractivity contribution in [3.63, 3.8) is 0 Å². The van der Waals surface area contributed by atoms with Gasteiger partial charge >= 0.3 is 0 Å². The average Bonchev–Trinajstić information content (AvgIpc) is 3.69. The van der Waals surface area contributed by atoms with Gasteiger partial charge in [-0.25, -0.2) is 0 Å². The van der Waals surface area contributed by atoms with Crippen molar-refractivity contribution in [1.29, 1.82) is 0 Å². The molecule has 1 fully saturated rings. The zero-order valence-electron chi connectivity index (χ0n) is 43.9. The SMILES string of the molecule is Cc1cc(C)c2c3c1B1c4cc(C(C)(C)C)ccc4N(c4ccc(C(C)(C)C)cc4-c4ccccc4)c4cc(N5c6ccccc6C6(C)CCc7ccccc7C56C)cc(c41)N3C1(C)CCCCC21C. The third-order valence-corrected chi connectivity index (χ3v) is 19.6. The number of anilines is 7. The fourth-order valence-electron chi connectivity index (χ4n) is 15.6. The maximum Gasteiger partial charge on any atom is 0.252 e. The second-order valence-corrected chi connectivity index (χ2v) is 25.2. The van der Waals surface area contributed by atoms with Gasteiger partial charge in [-0.05, 0) is 162 Å². The van der Waals surface area contributed by atoms with E-state index in [1.54, 1.807) is 5.56 Å². The summed E-state index contributed by atoms with van der Waals surface area (Å²) in [4.78, 5) is 8.51. The molecule has 0 amide bonds. The fraction of sp³-hybridized carbons (Fsp3) is 0.364. The Morgan fingerprint density at radius 3 is 1.90 bits per heavy atom. The van der Waals surface area contributed by atoms with Gasteiger partial charge in [-0.1, -0.05) is 171 Å². The highest BCUT2D eigenvalue weighted by atomic mass is 15.3. The highest BCUT2D eigenvalue weighted by Crippen LogP contribution is 2.66. The van der Waals surface area contributed by atoms with Crippen molar-refractivity contribution >= 4 is 62.9 Å². The molecule has 4 aliphatic heterocycles. The van der Waals surface area contributed by atoms with E-state index in [-0.39, 0.29) is 39.5 Å². The summed E-state index contributed by atoms with van der Waals surface area (Å²) in [5, 5.41) is 0. The molecular weight excluding hydrogens is 846 g/mol. The summed E-state index contributed by atoms with van der Waals surface area (Å²) in [6, 6.07) is 52.9. The first-order valence-corrected chi connectivity index (χ1v) is 26.6. The lowest BCUT2D eigenvalue weighted by atomic mass is 9.32. The van der Waals surface area contributed by atoms with Crippen LogP contribution in [0.2, 0.25) is 0 Å². The summed E-state index contributed by atoms with van der Waals surface area (Å²) in [7, 11) is 0. The van der Waals surface area contributed by atoms with Gasteiger partial charge in [0.15, 0.2) is 0 Å². The molecule has 0 N–H and O–H groups in total. The van der Waals surface area contributed by atoms with Crippen LogP contribution in [0, 0.1) is 13.8 Å². The minimum atomic E-state index is -0.340. The minimum Gasteiger partial charge on any atom is -0.335 e. The Morgan fingerprint density at radius 2 is 1.16 bits per heavy atom. The molecule has 4 heteroatoms. The zero-order valence-corrected chi connectivity index (χ0v) is 43.9. The Hall–Kier alpha value is -6.00. The van der Waals surface area contributed by atoms with Crippen LogP contribution in [0.5, 0.6) is 0 Å². The van der Waals surface area contributed by atoms with Crippen molar-refractivity contribution in [1.82, 2.24) is 0 Å². The van der Waals surface area contributed by atoms with Gasteiger partial charge in [0.25, 0.3) is 6.71 Å². The summed E-state index contributed by atoms with van der Waals surface area (Å²) >= 11 is 0. The second kappa shape index (κ2) is 14.3. The molecule has 3 nitrogen and oxygen atoms in total. The standard InChI is InChI=1S/C66H70BN3/c1-41-36-42(2)58-60-57(41)64(10)33-20-21-34-65(64,11)70(60)56-40-47(69-53-27-19-18-26-50(53)63(9)35-32-44-24-16-17-25-49(44)66(63,69)12)39-55-59(56)67(58)51-38-46(62(6,7)8)29-31-54(51)68(55)52-30-28-45(61(3,4)5)37-48(52)43-22-14-13-15-23-43/h13-19,22-31,36-40H,20-21,32-35H2,1-12H3. The quantitative estimate of drug-likeness (QED) is 0.164. The van der Waals surface area contributed by atoms with Crippen LogP contribution in [-0.2, 0) is 33.6 Å². The summed E-state index contributed by atoms with van der Waals surface area (Å²) in [5.74, 6) is 0. The molecule has 4 heterocycles. The fourth-order valence-corrected chi connectivity index (χ4v) is 15.6. The van der Waals surface area contributed by atoms with E-state index in [4.69, 9.17) is 0 Å². The maximum atomic E-state index is 2.96. The third-order valence-electron chi connectivity index (χ3n) is 19.6. The Morgan fingerprint density at radius 1 is 0.514 bits per heavy atom. The number of rotatable bonds is 3. The molecule has 2 aliphatic carbocycles. The highest BCUT2D eigenvalue weighted by molar-refractivity contribution is 7.00. The molecular formula is C66H70BN3. The molecule has 0 saturated heterocycles. The van der Waals surface area contributed by atoms with Crippen LogP contribution in [0.15, 0.2) is 133 Å². The lowest BCUT2D eigenvalue weighted by Gasteiger charge is -2.54. The van der Waals surface area contributed by atoms with Crippen molar-refractivity contribution in [3.05, 3.63) is 178 Å². The van der Waals surface area contributed by atoms with Crippen molar-refractivity contribution in [2.24, 2.45) is 0 Å². The lowest BCUT2D eigenvalue weighted by molar-refractivity contribution is 0.194. The summed E-state index contributed by atoms with van der Waals surface area (Å²) < 4.78 is 0. The van der Waals surface area contributed by atoms with Gasteiger partial charge < -0.3 is 14.7 Å². The average molecular weight is 916 g/mol.